The van der Waals surface area contributed by atoms with Crippen molar-refractivity contribution >= 4 is 11.5 Å². The molecule has 0 bridgehead atoms. The van der Waals surface area contributed by atoms with Crippen molar-refractivity contribution in [3.05, 3.63) is 12.1 Å². The Bertz CT molecular complexity index is 446. The van der Waals surface area contributed by atoms with Crippen molar-refractivity contribution in [2.75, 3.05) is 30.3 Å². The minimum atomic E-state index is 0.400. The van der Waals surface area contributed by atoms with E-state index in [1.165, 1.54) is 12.8 Å². The standard InChI is InChI=1S/C16H27N3O/c1-5-20-15-13(17)6-7-14(18-15)19-10-8-12(9-11-19)16(2,3)4/h6-7,12H,5,8-11,17H2,1-4H3. The van der Waals surface area contributed by atoms with Crippen LogP contribution in [0.2, 0.25) is 0 Å². The number of hydrogen-bond acceptors (Lipinski definition) is 4. The smallest absolute Gasteiger partial charge is 0.239 e. The van der Waals surface area contributed by atoms with Crippen LogP contribution in [0.4, 0.5) is 11.5 Å². The average Bonchev–Trinajstić information content (AvgIpc) is 2.41. The largest absolute Gasteiger partial charge is 0.476 e. The average molecular weight is 277 g/mol. The van der Waals surface area contributed by atoms with E-state index in [1.54, 1.807) is 0 Å². The summed E-state index contributed by atoms with van der Waals surface area (Å²) in [4.78, 5) is 6.89. The zero-order valence-electron chi connectivity index (χ0n) is 13.1. The van der Waals surface area contributed by atoms with Gasteiger partial charge in [-0.2, -0.15) is 4.98 Å². The Labute approximate surface area is 122 Å². The minimum Gasteiger partial charge on any atom is -0.476 e. The fourth-order valence-electron chi connectivity index (χ4n) is 2.84. The lowest BCUT2D eigenvalue weighted by Gasteiger charge is -2.39. The van der Waals surface area contributed by atoms with Crippen LogP contribution in [0.25, 0.3) is 0 Å². The number of ether oxygens (including phenoxy) is 1. The van der Waals surface area contributed by atoms with E-state index in [9.17, 15) is 0 Å². The molecule has 1 saturated heterocycles. The van der Waals surface area contributed by atoms with E-state index < -0.39 is 0 Å². The number of anilines is 2. The fourth-order valence-corrected chi connectivity index (χ4v) is 2.84. The zero-order valence-corrected chi connectivity index (χ0v) is 13.1. The molecule has 4 heteroatoms. The molecule has 1 fully saturated rings. The molecule has 0 aliphatic carbocycles. The van der Waals surface area contributed by atoms with Gasteiger partial charge in [0.05, 0.1) is 12.3 Å². The van der Waals surface area contributed by atoms with E-state index >= 15 is 0 Å². The second-order valence-corrected chi connectivity index (χ2v) is 6.62. The summed E-state index contributed by atoms with van der Waals surface area (Å²) in [7, 11) is 0. The maximum Gasteiger partial charge on any atom is 0.239 e. The molecule has 1 aliphatic heterocycles. The van der Waals surface area contributed by atoms with E-state index in [0.29, 0.717) is 23.6 Å². The van der Waals surface area contributed by atoms with Gasteiger partial charge in [-0.3, -0.25) is 0 Å². The number of rotatable bonds is 3. The molecule has 0 unspecified atom stereocenters. The summed E-state index contributed by atoms with van der Waals surface area (Å²) >= 11 is 0. The van der Waals surface area contributed by atoms with Crippen LogP contribution >= 0.6 is 0 Å². The molecular formula is C16H27N3O. The van der Waals surface area contributed by atoms with Gasteiger partial charge >= 0.3 is 0 Å². The van der Waals surface area contributed by atoms with Crippen LogP contribution in [-0.4, -0.2) is 24.7 Å². The number of hydrogen-bond donors (Lipinski definition) is 1. The SMILES string of the molecule is CCOc1nc(N2CCC(C(C)(C)C)CC2)ccc1N. The van der Waals surface area contributed by atoms with Crippen LogP contribution in [0, 0.1) is 11.3 Å². The summed E-state index contributed by atoms with van der Waals surface area (Å²) in [5.41, 5.74) is 6.89. The summed E-state index contributed by atoms with van der Waals surface area (Å²) in [6.45, 7) is 11.7. The molecule has 0 radical (unpaired) electrons. The molecular weight excluding hydrogens is 250 g/mol. The first kappa shape index (κ1) is 14.9. The van der Waals surface area contributed by atoms with E-state index in [0.717, 1.165) is 24.8 Å². The highest BCUT2D eigenvalue weighted by molar-refractivity contribution is 5.54. The first-order valence-corrected chi connectivity index (χ1v) is 7.56. The van der Waals surface area contributed by atoms with Gasteiger partial charge in [-0.1, -0.05) is 20.8 Å². The van der Waals surface area contributed by atoms with Crippen LogP contribution in [-0.2, 0) is 0 Å². The van der Waals surface area contributed by atoms with Gasteiger partial charge in [0.1, 0.15) is 5.82 Å². The molecule has 0 amide bonds. The van der Waals surface area contributed by atoms with Crippen LogP contribution in [0.15, 0.2) is 12.1 Å². The number of nitrogens with two attached hydrogens (primary N) is 1. The predicted molar refractivity (Wildman–Crippen MR) is 84.2 cm³/mol. The number of nitrogen functional groups attached to an aromatic ring is 1. The van der Waals surface area contributed by atoms with Crippen molar-refractivity contribution in [2.24, 2.45) is 11.3 Å². The molecule has 2 heterocycles. The number of pyridine rings is 1. The third-order valence-corrected chi connectivity index (χ3v) is 4.20. The quantitative estimate of drug-likeness (QED) is 0.920. The van der Waals surface area contributed by atoms with Crippen molar-refractivity contribution in [3.63, 3.8) is 0 Å². The van der Waals surface area contributed by atoms with E-state index in [1.807, 2.05) is 19.1 Å². The molecule has 1 aliphatic rings. The minimum absolute atomic E-state index is 0.400. The molecule has 0 spiro atoms. The van der Waals surface area contributed by atoms with Crippen molar-refractivity contribution < 1.29 is 4.74 Å². The van der Waals surface area contributed by atoms with Crippen LogP contribution < -0.4 is 15.4 Å². The van der Waals surface area contributed by atoms with Crippen LogP contribution in [0.5, 0.6) is 5.88 Å². The fraction of sp³-hybridized carbons (Fsp3) is 0.688. The van der Waals surface area contributed by atoms with E-state index in [2.05, 4.69) is 30.7 Å². The Hall–Kier alpha value is -1.45. The molecule has 0 aromatic carbocycles. The molecule has 4 nitrogen and oxygen atoms in total. The Morgan fingerprint density at radius 3 is 2.50 bits per heavy atom. The molecule has 2 N–H and O–H groups in total. The second-order valence-electron chi connectivity index (χ2n) is 6.62. The lowest BCUT2D eigenvalue weighted by atomic mass is 9.75. The van der Waals surface area contributed by atoms with Crippen molar-refractivity contribution in [1.82, 2.24) is 4.98 Å². The molecule has 1 aromatic rings. The van der Waals surface area contributed by atoms with Gasteiger partial charge < -0.3 is 15.4 Å². The lowest BCUT2D eigenvalue weighted by molar-refractivity contribution is 0.198. The molecule has 2 rings (SSSR count). The molecule has 0 saturated carbocycles. The maximum absolute atomic E-state index is 5.88. The predicted octanol–water partition coefficient (Wildman–Crippen LogP) is 3.33. The van der Waals surface area contributed by atoms with Crippen LogP contribution in [0.3, 0.4) is 0 Å². The molecule has 20 heavy (non-hydrogen) atoms. The van der Waals surface area contributed by atoms with E-state index in [4.69, 9.17) is 10.5 Å². The van der Waals surface area contributed by atoms with Gasteiger partial charge in [-0.05, 0) is 43.2 Å². The number of aromatic nitrogens is 1. The van der Waals surface area contributed by atoms with Gasteiger partial charge in [0, 0.05) is 13.1 Å². The van der Waals surface area contributed by atoms with Crippen molar-refractivity contribution in [3.8, 4) is 5.88 Å². The van der Waals surface area contributed by atoms with Gasteiger partial charge in [0.15, 0.2) is 0 Å². The number of nitrogens with zero attached hydrogens (tertiary/aromatic N) is 2. The Balaban J connectivity index is 2.05. The van der Waals surface area contributed by atoms with Gasteiger partial charge in [-0.25, -0.2) is 0 Å². The summed E-state index contributed by atoms with van der Waals surface area (Å²) in [5.74, 6) is 2.33. The molecule has 112 valence electrons. The maximum atomic E-state index is 5.88. The number of piperidine rings is 1. The summed E-state index contributed by atoms with van der Waals surface area (Å²) in [5, 5.41) is 0. The molecule has 1 aromatic heterocycles. The third-order valence-electron chi connectivity index (χ3n) is 4.20. The summed E-state index contributed by atoms with van der Waals surface area (Å²) < 4.78 is 5.48. The van der Waals surface area contributed by atoms with Gasteiger partial charge in [0.25, 0.3) is 0 Å². The van der Waals surface area contributed by atoms with Gasteiger partial charge in [-0.15, -0.1) is 0 Å². The highest BCUT2D eigenvalue weighted by atomic mass is 16.5. The Morgan fingerprint density at radius 1 is 1.30 bits per heavy atom. The van der Waals surface area contributed by atoms with Crippen molar-refractivity contribution in [1.29, 1.82) is 0 Å². The third kappa shape index (κ3) is 3.35. The topological polar surface area (TPSA) is 51.4 Å². The monoisotopic (exact) mass is 277 g/mol. The Kier molecular flexibility index (Phi) is 4.41. The summed E-state index contributed by atoms with van der Waals surface area (Å²) in [6, 6.07) is 3.89. The van der Waals surface area contributed by atoms with Crippen LogP contribution in [0.1, 0.15) is 40.5 Å². The van der Waals surface area contributed by atoms with Gasteiger partial charge in [0.2, 0.25) is 5.88 Å². The second kappa shape index (κ2) is 5.90. The highest BCUT2D eigenvalue weighted by Crippen LogP contribution is 2.35. The first-order chi connectivity index (χ1) is 9.41. The molecule has 0 atom stereocenters. The summed E-state index contributed by atoms with van der Waals surface area (Å²) in [6.07, 6.45) is 2.44. The van der Waals surface area contributed by atoms with E-state index in [-0.39, 0.29) is 0 Å². The normalized spacial score (nSPS) is 17.3. The highest BCUT2D eigenvalue weighted by Gasteiger charge is 2.29. The lowest BCUT2D eigenvalue weighted by Crippen LogP contribution is -2.38. The Morgan fingerprint density at radius 2 is 1.95 bits per heavy atom. The van der Waals surface area contributed by atoms with Crippen molar-refractivity contribution in [2.45, 2.75) is 40.5 Å². The first-order valence-electron chi connectivity index (χ1n) is 7.56. The zero-order chi connectivity index (χ0) is 14.8.